The molecule has 3 nitrogen and oxygen atoms in total. The first-order valence-corrected chi connectivity index (χ1v) is 31.4. The van der Waals surface area contributed by atoms with Crippen LogP contribution in [0.3, 0.4) is 0 Å². The van der Waals surface area contributed by atoms with Gasteiger partial charge in [-0.25, -0.2) is 0 Å². The number of hydrogen-bond acceptors (Lipinski definition) is 2. The number of hydrogen-bond donors (Lipinski definition) is 1. The van der Waals surface area contributed by atoms with E-state index in [1.807, 2.05) is 12.1 Å². The minimum atomic E-state index is -4.39. The molecule has 2 atom stereocenters. The zero-order valence-corrected chi connectivity index (χ0v) is 44.5. The molecule has 1 N–H and O–H groups in total. The van der Waals surface area contributed by atoms with E-state index in [1.54, 1.807) is 12.1 Å². The molecular weight excluding hydrogens is 935 g/mol. The van der Waals surface area contributed by atoms with Crippen molar-refractivity contribution in [2.75, 3.05) is 0 Å². The fourth-order valence-corrected chi connectivity index (χ4v) is 23.0. The molecule has 0 saturated heterocycles. The molecule has 0 bridgehead atoms. The van der Waals surface area contributed by atoms with Crippen LogP contribution in [0.25, 0.3) is 0 Å². The van der Waals surface area contributed by atoms with Crippen molar-refractivity contribution in [2.45, 2.75) is 79.9 Å². The summed E-state index contributed by atoms with van der Waals surface area (Å²) in [5.41, 5.74) is 4.89. The maximum absolute atomic E-state index is 12.5. The third-order valence-electron chi connectivity index (χ3n) is 17.3. The van der Waals surface area contributed by atoms with Crippen molar-refractivity contribution in [3.63, 3.8) is 0 Å². The molecule has 9 aromatic rings. The molecule has 0 heterocycles. The van der Waals surface area contributed by atoms with Gasteiger partial charge in [0.1, 0.15) is 0 Å². The summed E-state index contributed by atoms with van der Waals surface area (Å²) in [6.45, 7) is 7.33. The normalized spacial score (nSPS) is 20.0. The van der Waals surface area contributed by atoms with Crippen LogP contribution in [0.1, 0.15) is 74.3 Å². The molecule has 1 aliphatic rings. The molecule has 10 rings (SSSR count). The van der Waals surface area contributed by atoms with E-state index < -0.39 is 40.9 Å². The fraction of sp³-hybridized carbons (Fsp3) is 0.182. The summed E-state index contributed by atoms with van der Waals surface area (Å²) in [7, 11) is -9.52. The molecule has 0 radical (unpaired) electrons. The summed E-state index contributed by atoms with van der Waals surface area (Å²) in [5.74, 6) is 0. The fourth-order valence-electron chi connectivity index (χ4n) is 13.1. The standard InChI is InChI=1S/C66H66O3P2S/c1-64(54-40-36-52(37-41-54)50-70(57-24-10-4-11-25-57,58-26-12-5-13-27-58)59-28-14-6-15-29-59)48-22-23-49-65(2,66(64,3)56-44-46-63(47-45-56)72(67,68)69)55-42-38-53(39-43-55)51-71(60-30-16-7-17-31-60,61-32-18-8-19-33-61)62-34-20-9-21-35-62/h4-21,24-47,70-71H,22-23,48-51H2,1-3H3,(H,67,68,69). The molecule has 1 fully saturated rings. The van der Waals surface area contributed by atoms with Gasteiger partial charge in [0.2, 0.25) is 0 Å². The van der Waals surface area contributed by atoms with Crippen LogP contribution >= 0.6 is 14.5 Å². The van der Waals surface area contributed by atoms with E-state index in [0.717, 1.165) is 43.6 Å². The predicted molar refractivity (Wildman–Crippen MR) is 310 cm³/mol. The SMILES string of the molecule is CC1(c2ccc(C[PH](c3ccccc3)(c3ccccc3)c3ccccc3)cc2)CCCCC(C)(c2ccc(C[PH](c3ccccc3)(c3ccccc3)c3ccccc3)cc2)C1(C)c1ccc(S(=O)(=O)O)cc1. The molecule has 1 aliphatic carbocycles. The first-order chi connectivity index (χ1) is 34.9. The summed E-state index contributed by atoms with van der Waals surface area (Å²) >= 11 is 0. The minimum absolute atomic E-state index is 0.0913. The number of benzene rings is 9. The van der Waals surface area contributed by atoms with Gasteiger partial charge in [0, 0.05) is 0 Å². The molecule has 0 aromatic heterocycles. The Kier molecular flexibility index (Phi) is 13.9. The molecular formula is C66H66O3P2S. The van der Waals surface area contributed by atoms with E-state index >= 15 is 0 Å². The van der Waals surface area contributed by atoms with Crippen LogP contribution in [-0.4, -0.2) is 13.0 Å². The summed E-state index contributed by atoms with van der Waals surface area (Å²) in [5, 5.41) is 8.32. The maximum atomic E-state index is 12.5. The van der Waals surface area contributed by atoms with Gasteiger partial charge in [-0.1, -0.05) is 0 Å². The van der Waals surface area contributed by atoms with Gasteiger partial charge in [0.15, 0.2) is 0 Å². The third-order valence-corrected chi connectivity index (χ3v) is 27.9. The Bertz CT molecular complexity index is 2940. The van der Waals surface area contributed by atoms with E-state index in [-0.39, 0.29) is 4.90 Å². The molecule has 364 valence electrons. The van der Waals surface area contributed by atoms with Crippen molar-refractivity contribution in [2.24, 2.45) is 0 Å². The molecule has 0 amide bonds. The average molecular weight is 1000 g/mol. The quantitative estimate of drug-likeness (QED) is 0.0671. The topological polar surface area (TPSA) is 54.4 Å². The van der Waals surface area contributed by atoms with Crippen LogP contribution in [0, 0.1) is 0 Å². The van der Waals surface area contributed by atoms with Gasteiger partial charge in [-0.2, -0.15) is 8.42 Å². The van der Waals surface area contributed by atoms with Gasteiger partial charge >= 0.3 is 419 Å². The molecule has 1 saturated carbocycles. The summed E-state index contributed by atoms with van der Waals surface area (Å²) in [6.07, 6.45) is 5.82. The second-order valence-corrected chi connectivity index (χ2v) is 30.0. The predicted octanol–water partition coefficient (Wildman–Crippen LogP) is 13.1. The van der Waals surface area contributed by atoms with Crippen LogP contribution < -0.4 is 31.8 Å². The van der Waals surface area contributed by atoms with Crippen molar-refractivity contribution in [1.29, 1.82) is 0 Å². The molecule has 9 aromatic carbocycles. The van der Waals surface area contributed by atoms with Gasteiger partial charge in [-0.15, -0.1) is 0 Å². The van der Waals surface area contributed by atoms with Crippen LogP contribution in [-0.2, 0) is 38.7 Å². The van der Waals surface area contributed by atoms with E-state index in [4.69, 9.17) is 0 Å². The Labute approximate surface area is 429 Å². The molecule has 6 heteroatoms. The zero-order valence-electron chi connectivity index (χ0n) is 41.7. The summed E-state index contributed by atoms with van der Waals surface area (Å²) < 4.78 is 35.2. The van der Waals surface area contributed by atoms with E-state index in [0.29, 0.717) is 0 Å². The van der Waals surface area contributed by atoms with Crippen molar-refractivity contribution < 1.29 is 13.0 Å². The summed E-state index contributed by atoms with van der Waals surface area (Å²) in [6, 6.07) is 93.1. The number of rotatable bonds is 14. The van der Waals surface area contributed by atoms with E-state index in [1.165, 1.54) is 54.1 Å². The average Bonchev–Trinajstić information content (AvgIpc) is 3.54. The molecule has 0 aliphatic heterocycles. The van der Waals surface area contributed by atoms with Crippen LogP contribution in [0.15, 0.2) is 260 Å². The Morgan fingerprint density at radius 2 is 0.611 bits per heavy atom. The van der Waals surface area contributed by atoms with Gasteiger partial charge < -0.3 is 0 Å². The second-order valence-electron chi connectivity index (χ2n) is 20.7. The Morgan fingerprint density at radius 1 is 0.361 bits per heavy atom. The summed E-state index contributed by atoms with van der Waals surface area (Å²) in [4.78, 5) is -0.0913. The first-order valence-electron chi connectivity index (χ1n) is 25.5. The monoisotopic (exact) mass is 1000 g/mol. The third kappa shape index (κ3) is 8.81. The van der Waals surface area contributed by atoms with Crippen LogP contribution in [0.2, 0.25) is 0 Å². The first kappa shape index (κ1) is 49.3. The molecule has 0 spiro atoms. The van der Waals surface area contributed by atoms with Crippen molar-refractivity contribution in [3.8, 4) is 0 Å². The zero-order chi connectivity index (χ0) is 49.9. The molecule has 72 heavy (non-hydrogen) atoms. The van der Waals surface area contributed by atoms with Gasteiger partial charge in [0.25, 0.3) is 0 Å². The second kappa shape index (κ2) is 20.3. The van der Waals surface area contributed by atoms with Crippen molar-refractivity contribution >= 4 is 56.5 Å². The Balaban J connectivity index is 1.08. The van der Waals surface area contributed by atoms with Gasteiger partial charge in [0.05, 0.1) is 0 Å². The van der Waals surface area contributed by atoms with Crippen molar-refractivity contribution in [1.82, 2.24) is 0 Å². The van der Waals surface area contributed by atoms with Crippen molar-refractivity contribution in [3.05, 3.63) is 283 Å². The van der Waals surface area contributed by atoms with Gasteiger partial charge in [-0.3, -0.25) is 4.55 Å². The van der Waals surface area contributed by atoms with E-state index in [9.17, 15) is 13.0 Å². The van der Waals surface area contributed by atoms with Gasteiger partial charge in [-0.05, 0) is 0 Å². The Morgan fingerprint density at radius 3 is 0.861 bits per heavy atom. The Hall–Kier alpha value is -6.25. The van der Waals surface area contributed by atoms with Crippen LogP contribution in [0.4, 0.5) is 0 Å². The molecule has 2 unspecified atom stereocenters. The van der Waals surface area contributed by atoms with E-state index in [2.05, 4.69) is 251 Å². The van der Waals surface area contributed by atoms with Crippen LogP contribution in [0.5, 0.6) is 0 Å².